The lowest BCUT2D eigenvalue weighted by molar-refractivity contribution is 1.20. The SMILES string of the molecule is Cc1cccc(C)c1-c1nc(Cl)c2c(Cl)cccc2n1. The molecule has 4 heteroatoms. The molecule has 2 aromatic carbocycles. The van der Waals surface area contributed by atoms with E-state index in [1.54, 1.807) is 6.07 Å². The molecule has 0 fully saturated rings. The van der Waals surface area contributed by atoms with E-state index in [9.17, 15) is 0 Å². The monoisotopic (exact) mass is 302 g/mol. The number of benzene rings is 2. The van der Waals surface area contributed by atoms with E-state index < -0.39 is 0 Å². The van der Waals surface area contributed by atoms with E-state index in [0.29, 0.717) is 21.4 Å². The third-order valence-corrected chi connectivity index (χ3v) is 3.92. The number of nitrogens with zero attached hydrogens (tertiary/aromatic N) is 2. The summed E-state index contributed by atoms with van der Waals surface area (Å²) in [5.74, 6) is 0.639. The molecule has 20 heavy (non-hydrogen) atoms. The molecule has 1 aromatic heterocycles. The van der Waals surface area contributed by atoms with Crippen molar-refractivity contribution in [1.29, 1.82) is 0 Å². The second-order valence-corrected chi connectivity index (χ2v) is 5.50. The molecule has 0 radical (unpaired) electrons. The predicted molar refractivity (Wildman–Crippen MR) is 84.5 cm³/mol. The van der Waals surface area contributed by atoms with Crippen LogP contribution in [0.1, 0.15) is 11.1 Å². The Balaban J connectivity index is 2.34. The van der Waals surface area contributed by atoms with Crippen LogP contribution in [0, 0.1) is 13.8 Å². The van der Waals surface area contributed by atoms with Crippen molar-refractivity contribution in [3.63, 3.8) is 0 Å². The van der Waals surface area contributed by atoms with Gasteiger partial charge < -0.3 is 0 Å². The first-order valence-corrected chi connectivity index (χ1v) is 7.02. The second-order valence-electron chi connectivity index (χ2n) is 4.74. The Kier molecular flexibility index (Phi) is 3.36. The Hall–Kier alpha value is -1.64. The summed E-state index contributed by atoms with van der Waals surface area (Å²) in [4.78, 5) is 9.03. The zero-order valence-corrected chi connectivity index (χ0v) is 12.6. The highest BCUT2D eigenvalue weighted by Gasteiger charge is 2.13. The standard InChI is InChI=1S/C16H12Cl2N2/c1-9-5-3-6-10(2)13(9)16-19-12-8-4-7-11(17)14(12)15(18)20-16/h3-8H,1-2H3. The second kappa shape index (κ2) is 5.04. The molecule has 0 bridgehead atoms. The smallest absolute Gasteiger partial charge is 0.162 e. The maximum Gasteiger partial charge on any atom is 0.162 e. The van der Waals surface area contributed by atoms with Gasteiger partial charge in [0.25, 0.3) is 0 Å². The maximum absolute atomic E-state index is 6.29. The van der Waals surface area contributed by atoms with Gasteiger partial charge in [-0.3, -0.25) is 0 Å². The molecule has 0 saturated carbocycles. The number of hydrogen-bond acceptors (Lipinski definition) is 2. The molecule has 0 aliphatic carbocycles. The number of rotatable bonds is 1. The lowest BCUT2D eigenvalue weighted by atomic mass is 10.0. The van der Waals surface area contributed by atoms with Crippen LogP contribution in [0.15, 0.2) is 36.4 Å². The van der Waals surface area contributed by atoms with Crippen LogP contribution >= 0.6 is 23.2 Å². The van der Waals surface area contributed by atoms with E-state index in [2.05, 4.69) is 9.97 Å². The Morgan fingerprint density at radius 1 is 0.850 bits per heavy atom. The maximum atomic E-state index is 6.29. The fourth-order valence-corrected chi connectivity index (χ4v) is 2.96. The van der Waals surface area contributed by atoms with Gasteiger partial charge in [-0.05, 0) is 37.1 Å². The summed E-state index contributed by atoms with van der Waals surface area (Å²) in [6.07, 6.45) is 0. The average molecular weight is 303 g/mol. The van der Waals surface area contributed by atoms with Crippen LogP contribution in [0.2, 0.25) is 10.2 Å². The first kappa shape index (κ1) is 13.3. The van der Waals surface area contributed by atoms with Gasteiger partial charge in [0.05, 0.1) is 15.9 Å². The van der Waals surface area contributed by atoms with Gasteiger partial charge >= 0.3 is 0 Å². The summed E-state index contributed by atoms with van der Waals surface area (Å²) in [6.45, 7) is 4.09. The van der Waals surface area contributed by atoms with Crippen molar-refractivity contribution in [2.24, 2.45) is 0 Å². The topological polar surface area (TPSA) is 25.8 Å². The van der Waals surface area contributed by atoms with Crippen molar-refractivity contribution >= 4 is 34.1 Å². The molecule has 0 aliphatic rings. The largest absolute Gasteiger partial charge is 0.228 e. The fourth-order valence-electron chi connectivity index (χ4n) is 2.38. The molecule has 1 heterocycles. The van der Waals surface area contributed by atoms with E-state index >= 15 is 0 Å². The molecule has 0 aliphatic heterocycles. The molecule has 0 atom stereocenters. The molecule has 3 rings (SSSR count). The van der Waals surface area contributed by atoms with E-state index in [1.165, 1.54) is 0 Å². The normalized spacial score (nSPS) is 11.0. The third kappa shape index (κ3) is 2.15. The van der Waals surface area contributed by atoms with Crippen LogP contribution < -0.4 is 0 Å². The van der Waals surface area contributed by atoms with Crippen LogP contribution in [0.3, 0.4) is 0 Å². The van der Waals surface area contributed by atoms with E-state index in [1.807, 2.05) is 44.2 Å². The Labute approximate surface area is 127 Å². The van der Waals surface area contributed by atoms with Crippen molar-refractivity contribution in [2.45, 2.75) is 13.8 Å². The summed E-state index contributed by atoms with van der Waals surface area (Å²) in [7, 11) is 0. The summed E-state index contributed by atoms with van der Waals surface area (Å²) in [5, 5.41) is 1.66. The highest BCUT2D eigenvalue weighted by molar-refractivity contribution is 6.41. The Morgan fingerprint density at radius 3 is 2.20 bits per heavy atom. The fraction of sp³-hybridized carbons (Fsp3) is 0.125. The van der Waals surface area contributed by atoms with Crippen LogP contribution in [-0.4, -0.2) is 9.97 Å². The van der Waals surface area contributed by atoms with Gasteiger partial charge in [0.2, 0.25) is 0 Å². The van der Waals surface area contributed by atoms with Crippen LogP contribution in [-0.2, 0) is 0 Å². The van der Waals surface area contributed by atoms with Gasteiger partial charge in [0.1, 0.15) is 5.15 Å². The lowest BCUT2D eigenvalue weighted by Crippen LogP contribution is -1.96. The van der Waals surface area contributed by atoms with Gasteiger partial charge in [-0.1, -0.05) is 47.5 Å². The number of fused-ring (bicyclic) bond motifs is 1. The highest BCUT2D eigenvalue weighted by atomic mass is 35.5. The minimum Gasteiger partial charge on any atom is -0.228 e. The van der Waals surface area contributed by atoms with Crippen molar-refractivity contribution in [3.8, 4) is 11.4 Å². The molecule has 0 saturated heterocycles. The van der Waals surface area contributed by atoms with Crippen molar-refractivity contribution in [2.75, 3.05) is 0 Å². The molecule has 0 spiro atoms. The quantitative estimate of drug-likeness (QED) is 0.576. The molecule has 0 amide bonds. The van der Waals surface area contributed by atoms with Gasteiger partial charge in [-0.15, -0.1) is 0 Å². The van der Waals surface area contributed by atoms with Crippen molar-refractivity contribution in [3.05, 3.63) is 57.7 Å². The average Bonchev–Trinajstić information content (AvgIpc) is 2.38. The summed E-state index contributed by atoms with van der Waals surface area (Å²) in [5.41, 5.74) is 4.04. The number of aryl methyl sites for hydroxylation is 2. The first-order valence-electron chi connectivity index (χ1n) is 6.26. The molecule has 0 unspecified atom stereocenters. The van der Waals surface area contributed by atoms with Gasteiger partial charge in [-0.2, -0.15) is 0 Å². The number of hydrogen-bond donors (Lipinski definition) is 0. The summed E-state index contributed by atoms with van der Waals surface area (Å²) in [6, 6.07) is 11.7. The molecule has 100 valence electrons. The third-order valence-electron chi connectivity index (χ3n) is 3.33. The number of halogens is 2. The zero-order chi connectivity index (χ0) is 14.3. The number of aromatic nitrogens is 2. The van der Waals surface area contributed by atoms with E-state index in [4.69, 9.17) is 23.2 Å². The van der Waals surface area contributed by atoms with Gasteiger partial charge in [-0.25, -0.2) is 9.97 Å². The van der Waals surface area contributed by atoms with Crippen LogP contribution in [0.5, 0.6) is 0 Å². The van der Waals surface area contributed by atoms with Crippen LogP contribution in [0.25, 0.3) is 22.3 Å². The van der Waals surface area contributed by atoms with Crippen molar-refractivity contribution < 1.29 is 0 Å². The van der Waals surface area contributed by atoms with E-state index in [-0.39, 0.29) is 0 Å². The summed E-state index contributed by atoms with van der Waals surface area (Å²) < 4.78 is 0. The minimum atomic E-state index is 0.387. The molecule has 0 N–H and O–H groups in total. The lowest BCUT2D eigenvalue weighted by Gasteiger charge is -2.10. The molecular weight excluding hydrogens is 291 g/mol. The summed E-state index contributed by atoms with van der Waals surface area (Å²) >= 11 is 12.4. The molecule has 3 aromatic rings. The van der Waals surface area contributed by atoms with Gasteiger partial charge in [0, 0.05) is 5.56 Å². The van der Waals surface area contributed by atoms with E-state index in [0.717, 1.165) is 22.2 Å². The zero-order valence-electron chi connectivity index (χ0n) is 11.1. The Morgan fingerprint density at radius 2 is 1.50 bits per heavy atom. The van der Waals surface area contributed by atoms with Gasteiger partial charge in [0.15, 0.2) is 5.82 Å². The predicted octanol–water partition coefficient (Wildman–Crippen LogP) is 5.22. The highest BCUT2D eigenvalue weighted by Crippen LogP contribution is 2.32. The van der Waals surface area contributed by atoms with Crippen molar-refractivity contribution in [1.82, 2.24) is 9.97 Å². The first-order chi connectivity index (χ1) is 9.58. The molecule has 2 nitrogen and oxygen atoms in total. The van der Waals surface area contributed by atoms with Crippen LogP contribution in [0.4, 0.5) is 0 Å². The minimum absolute atomic E-state index is 0.387. The molecular formula is C16H12Cl2N2. The Bertz CT molecular complexity index is 793.